The smallest absolute Gasteiger partial charge is 0.251 e. The quantitative estimate of drug-likeness (QED) is 0.514. The average molecular weight is 480 g/mol. The standard InChI is InChI=1S/C28H34ClN3O2/c1-17(2)32-13-12-18-14-19(8-9-20(18)16-32)24(33)31-25-27(3,4)26(28(25,5)6)34-21-10-11-23(30-7)22(29)15-21/h8-11,14-15,17,25-26H,12-13,16H2,1-6H3,(H,31,33). The van der Waals surface area contributed by atoms with E-state index >= 15 is 0 Å². The van der Waals surface area contributed by atoms with Crippen LogP contribution in [-0.2, 0) is 13.0 Å². The molecule has 0 bridgehead atoms. The summed E-state index contributed by atoms with van der Waals surface area (Å²) in [6.45, 7) is 22.1. The summed E-state index contributed by atoms with van der Waals surface area (Å²) in [5.74, 6) is 0.599. The van der Waals surface area contributed by atoms with E-state index in [0.717, 1.165) is 19.5 Å². The Morgan fingerprint density at radius 3 is 2.47 bits per heavy atom. The van der Waals surface area contributed by atoms with E-state index < -0.39 is 0 Å². The van der Waals surface area contributed by atoms with Crippen LogP contribution in [0.5, 0.6) is 5.75 Å². The minimum atomic E-state index is -0.282. The van der Waals surface area contributed by atoms with E-state index in [4.69, 9.17) is 22.9 Å². The average Bonchev–Trinajstić information content (AvgIpc) is 2.79. The van der Waals surface area contributed by atoms with E-state index in [9.17, 15) is 4.79 Å². The summed E-state index contributed by atoms with van der Waals surface area (Å²) in [6, 6.07) is 11.8. The van der Waals surface area contributed by atoms with Crippen LogP contribution in [0, 0.1) is 17.4 Å². The predicted molar refractivity (Wildman–Crippen MR) is 137 cm³/mol. The van der Waals surface area contributed by atoms with Gasteiger partial charge < -0.3 is 10.1 Å². The van der Waals surface area contributed by atoms with Gasteiger partial charge in [-0.15, -0.1) is 0 Å². The number of benzene rings is 2. The lowest BCUT2D eigenvalue weighted by atomic mass is 9.49. The first kappa shape index (κ1) is 24.6. The molecule has 1 heterocycles. The molecule has 1 fully saturated rings. The van der Waals surface area contributed by atoms with Crippen molar-refractivity contribution in [3.05, 3.63) is 69.5 Å². The number of nitrogens with one attached hydrogen (secondary N) is 1. The second kappa shape index (κ2) is 8.91. The van der Waals surface area contributed by atoms with Gasteiger partial charge in [0.15, 0.2) is 0 Å². The monoisotopic (exact) mass is 479 g/mol. The van der Waals surface area contributed by atoms with Gasteiger partial charge in [-0.2, -0.15) is 0 Å². The summed E-state index contributed by atoms with van der Waals surface area (Å²) in [5.41, 5.74) is 3.16. The van der Waals surface area contributed by atoms with Crippen molar-refractivity contribution in [3.63, 3.8) is 0 Å². The van der Waals surface area contributed by atoms with Crippen molar-refractivity contribution in [2.24, 2.45) is 10.8 Å². The molecule has 1 saturated carbocycles. The zero-order chi connectivity index (χ0) is 24.8. The highest BCUT2D eigenvalue weighted by molar-refractivity contribution is 6.33. The predicted octanol–water partition coefficient (Wildman–Crippen LogP) is 6.27. The van der Waals surface area contributed by atoms with Gasteiger partial charge >= 0.3 is 0 Å². The van der Waals surface area contributed by atoms with Crippen molar-refractivity contribution >= 4 is 23.2 Å². The molecule has 1 N–H and O–H groups in total. The number of carbonyl (C=O) groups excluding carboxylic acids is 1. The van der Waals surface area contributed by atoms with Crippen molar-refractivity contribution in [3.8, 4) is 5.75 Å². The molecule has 0 saturated heterocycles. The Labute approximate surface area is 208 Å². The van der Waals surface area contributed by atoms with E-state index in [1.54, 1.807) is 18.2 Å². The lowest BCUT2D eigenvalue weighted by Gasteiger charge is -2.63. The maximum absolute atomic E-state index is 13.3. The van der Waals surface area contributed by atoms with Gasteiger partial charge in [-0.3, -0.25) is 9.69 Å². The van der Waals surface area contributed by atoms with Crippen LogP contribution in [-0.4, -0.2) is 35.5 Å². The number of nitrogens with zero attached hydrogens (tertiary/aromatic N) is 2. The number of carbonyl (C=O) groups is 1. The molecule has 0 radical (unpaired) electrons. The topological polar surface area (TPSA) is 45.9 Å². The molecule has 180 valence electrons. The number of ether oxygens (including phenoxy) is 1. The van der Waals surface area contributed by atoms with Gasteiger partial charge in [-0.05, 0) is 55.7 Å². The minimum Gasteiger partial charge on any atom is -0.489 e. The van der Waals surface area contributed by atoms with E-state index in [1.807, 2.05) is 6.07 Å². The Morgan fingerprint density at radius 1 is 1.15 bits per heavy atom. The highest BCUT2D eigenvalue weighted by Crippen LogP contribution is 2.55. The summed E-state index contributed by atoms with van der Waals surface area (Å²) < 4.78 is 6.34. The van der Waals surface area contributed by atoms with Gasteiger partial charge in [-0.25, -0.2) is 4.85 Å². The van der Waals surface area contributed by atoms with Gasteiger partial charge in [-0.1, -0.05) is 51.4 Å². The van der Waals surface area contributed by atoms with E-state index in [2.05, 4.69) is 68.7 Å². The van der Waals surface area contributed by atoms with Gasteiger partial charge in [0.1, 0.15) is 11.9 Å². The molecule has 0 unspecified atom stereocenters. The zero-order valence-electron chi connectivity index (χ0n) is 20.9. The first-order chi connectivity index (χ1) is 15.9. The number of fused-ring (bicyclic) bond motifs is 1. The molecular formula is C28H34ClN3O2. The summed E-state index contributed by atoms with van der Waals surface area (Å²) >= 11 is 6.20. The molecule has 1 aliphatic heterocycles. The van der Waals surface area contributed by atoms with Crippen LogP contribution < -0.4 is 10.1 Å². The molecule has 1 aliphatic carbocycles. The molecule has 0 spiro atoms. The van der Waals surface area contributed by atoms with Crippen molar-refractivity contribution in [2.75, 3.05) is 6.54 Å². The first-order valence-corrected chi connectivity index (χ1v) is 12.3. The number of amides is 1. The maximum Gasteiger partial charge on any atom is 0.251 e. The second-order valence-electron chi connectivity index (χ2n) is 11.1. The normalized spacial score (nSPS) is 22.9. The summed E-state index contributed by atoms with van der Waals surface area (Å²) in [6.07, 6.45) is 0.852. The van der Waals surface area contributed by atoms with Crippen LogP contribution in [0.2, 0.25) is 5.02 Å². The molecule has 34 heavy (non-hydrogen) atoms. The molecule has 2 aromatic carbocycles. The number of halogens is 1. The highest BCUT2D eigenvalue weighted by atomic mass is 35.5. The van der Waals surface area contributed by atoms with Crippen molar-refractivity contribution in [2.45, 2.75) is 72.7 Å². The van der Waals surface area contributed by atoms with Gasteiger partial charge in [0, 0.05) is 41.6 Å². The molecule has 5 nitrogen and oxygen atoms in total. The van der Waals surface area contributed by atoms with E-state index in [1.165, 1.54) is 11.1 Å². The first-order valence-electron chi connectivity index (χ1n) is 12.0. The SMILES string of the molecule is [C-]#[N+]c1ccc(OC2C(C)(C)C(NC(=O)c3ccc4c(c3)CCN(C(C)C)C4)C2(C)C)cc1Cl. The van der Waals surface area contributed by atoms with Gasteiger partial charge in [0.2, 0.25) is 5.69 Å². The van der Waals surface area contributed by atoms with Crippen molar-refractivity contribution < 1.29 is 9.53 Å². The zero-order valence-corrected chi connectivity index (χ0v) is 21.7. The summed E-state index contributed by atoms with van der Waals surface area (Å²) in [5, 5.41) is 3.68. The summed E-state index contributed by atoms with van der Waals surface area (Å²) in [4.78, 5) is 19.1. The number of rotatable bonds is 5. The molecule has 0 aromatic heterocycles. The largest absolute Gasteiger partial charge is 0.489 e. The third kappa shape index (κ3) is 4.30. The van der Waals surface area contributed by atoms with Gasteiger partial charge in [0.25, 0.3) is 5.91 Å². The molecule has 1 amide bonds. The molecule has 2 aromatic rings. The van der Waals surface area contributed by atoms with E-state index in [0.29, 0.717) is 28.1 Å². The second-order valence-corrected chi connectivity index (χ2v) is 11.5. The third-order valence-electron chi connectivity index (χ3n) is 7.65. The van der Waals surface area contributed by atoms with Crippen LogP contribution in [0.1, 0.15) is 63.0 Å². The lowest BCUT2D eigenvalue weighted by Crippen LogP contribution is -2.74. The third-order valence-corrected chi connectivity index (χ3v) is 7.95. The van der Waals surface area contributed by atoms with Crippen LogP contribution >= 0.6 is 11.6 Å². The fraction of sp³-hybridized carbons (Fsp3) is 0.500. The fourth-order valence-corrected chi connectivity index (χ4v) is 6.17. The minimum absolute atomic E-state index is 0.0388. The molecule has 0 atom stereocenters. The fourth-order valence-electron chi connectivity index (χ4n) is 5.96. The summed E-state index contributed by atoms with van der Waals surface area (Å²) in [7, 11) is 0. The highest BCUT2D eigenvalue weighted by Gasteiger charge is 2.64. The Hall–Kier alpha value is -2.55. The van der Waals surface area contributed by atoms with Crippen LogP contribution in [0.3, 0.4) is 0 Å². The Bertz CT molecular complexity index is 1130. The van der Waals surface area contributed by atoms with E-state index in [-0.39, 0.29) is 28.9 Å². The van der Waals surface area contributed by atoms with Crippen LogP contribution in [0.4, 0.5) is 5.69 Å². The van der Waals surface area contributed by atoms with Gasteiger partial charge in [0.05, 0.1) is 11.6 Å². The molecule has 2 aliphatic rings. The van der Waals surface area contributed by atoms with Crippen LogP contribution in [0.25, 0.3) is 4.85 Å². The Morgan fingerprint density at radius 2 is 1.85 bits per heavy atom. The van der Waals surface area contributed by atoms with Crippen molar-refractivity contribution in [1.29, 1.82) is 0 Å². The van der Waals surface area contributed by atoms with Crippen molar-refractivity contribution in [1.82, 2.24) is 10.2 Å². The maximum atomic E-state index is 13.3. The Balaban J connectivity index is 1.47. The molecular weight excluding hydrogens is 446 g/mol. The number of hydrogen-bond acceptors (Lipinski definition) is 3. The number of hydrogen-bond donors (Lipinski definition) is 1. The lowest BCUT2D eigenvalue weighted by molar-refractivity contribution is -0.164. The Kier molecular flexibility index (Phi) is 6.44. The molecule has 6 heteroatoms. The van der Waals surface area contributed by atoms with Crippen LogP contribution in [0.15, 0.2) is 36.4 Å². The molecule has 4 rings (SSSR count).